The van der Waals surface area contributed by atoms with Gasteiger partial charge in [-0.2, -0.15) is 5.10 Å². The largest absolute Gasteiger partial charge is 0.352 e. The summed E-state index contributed by atoms with van der Waals surface area (Å²) >= 11 is 11.4. The molecule has 0 unspecified atom stereocenters. The predicted octanol–water partition coefficient (Wildman–Crippen LogP) is 4.28. The van der Waals surface area contributed by atoms with E-state index >= 15 is 0 Å². The predicted molar refractivity (Wildman–Crippen MR) is 106 cm³/mol. The van der Waals surface area contributed by atoms with Crippen molar-refractivity contribution in [1.82, 2.24) is 20.1 Å². The first-order valence-corrected chi connectivity index (χ1v) is 9.05. The summed E-state index contributed by atoms with van der Waals surface area (Å²) in [4.78, 5) is 12.2. The molecule has 0 spiro atoms. The third kappa shape index (κ3) is 4.39. The van der Waals surface area contributed by atoms with Gasteiger partial charge in [-0.1, -0.05) is 59.6 Å². The zero-order chi connectivity index (χ0) is 18.5. The number of amides is 1. The lowest BCUT2D eigenvalue weighted by Gasteiger charge is -2.09. The van der Waals surface area contributed by atoms with E-state index in [0.717, 1.165) is 17.0 Å². The molecule has 3 rings (SSSR count). The number of rotatable bonds is 6. The van der Waals surface area contributed by atoms with Crippen LogP contribution in [0.5, 0.6) is 0 Å². The first-order valence-electron chi connectivity index (χ1n) is 8.27. The number of carbonyl (C=O) groups excluding carboxylic acids is 1. The summed E-state index contributed by atoms with van der Waals surface area (Å²) in [6.45, 7) is 2.89. The molecule has 0 fully saturated rings. The number of hydrogen-bond acceptors (Lipinski definition) is 3. The fraction of sp³-hybridized carbons (Fsp3) is 0.211. The van der Waals surface area contributed by atoms with Crippen LogP contribution in [-0.2, 0) is 17.9 Å². The Bertz CT molecular complexity index is 962. The Kier molecular flexibility index (Phi) is 5.85. The number of nitrogens with one attached hydrogen (secondary N) is 2. The molecule has 134 valence electrons. The Morgan fingerprint density at radius 1 is 1.23 bits per heavy atom. The van der Waals surface area contributed by atoms with Crippen LogP contribution in [0.2, 0.25) is 5.02 Å². The minimum Gasteiger partial charge on any atom is -0.352 e. The highest BCUT2D eigenvalue weighted by Crippen LogP contribution is 2.18. The van der Waals surface area contributed by atoms with Gasteiger partial charge in [-0.15, -0.1) is 0 Å². The van der Waals surface area contributed by atoms with Gasteiger partial charge in [0.1, 0.15) is 0 Å². The normalized spacial score (nSPS) is 10.7. The molecule has 0 radical (unpaired) electrons. The standard InChI is InChI=1S/C19H19ClN4OS/c1-13-6-8-14(9-7-13)18-22-23-19(26)24(18)11-10-17(25)21-12-15-4-2-3-5-16(15)20/h2-9H,10-12H2,1H3,(H,21,25)(H,23,26). The van der Waals surface area contributed by atoms with E-state index in [4.69, 9.17) is 23.8 Å². The molecule has 1 amide bonds. The second kappa shape index (κ2) is 8.29. The lowest BCUT2D eigenvalue weighted by atomic mass is 10.1. The van der Waals surface area contributed by atoms with E-state index in [1.807, 2.05) is 60.0 Å². The van der Waals surface area contributed by atoms with Crippen molar-refractivity contribution >= 4 is 29.7 Å². The molecule has 26 heavy (non-hydrogen) atoms. The lowest BCUT2D eigenvalue weighted by molar-refractivity contribution is -0.121. The highest BCUT2D eigenvalue weighted by molar-refractivity contribution is 7.71. The molecule has 0 bridgehead atoms. The topological polar surface area (TPSA) is 62.7 Å². The average molecular weight is 387 g/mol. The first kappa shape index (κ1) is 18.4. The molecule has 2 aromatic carbocycles. The summed E-state index contributed by atoms with van der Waals surface area (Å²) < 4.78 is 2.34. The van der Waals surface area contributed by atoms with Gasteiger partial charge in [-0.25, -0.2) is 0 Å². The third-order valence-electron chi connectivity index (χ3n) is 4.06. The molecule has 0 atom stereocenters. The zero-order valence-electron chi connectivity index (χ0n) is 14.3. The van der Waals surface area contributed by atoms with Gasteiger partial charge in [-0.3, -0.25) is 14.5 Å². The summed E-state index contributed by atoms with van der Waals surface area (Å²) in [7, 11) is 0. The van der Waals surface area contributed by atoms with Crippen LogP contribution in [0.1, 0.15) is 17.5 Å². The van der Waals surface area contributed by atoms with Crippen LogP contribution in [0.4, 0.5) is 0 Å². The Morgan fingerprint density at radius 2 is 1.96 bits per heavy atom. The monoisotopic (exact) mass is 386 g/mol. The Morgan fingerprint density at radius 3 is 2.69 bits per heavy atom. The lowest BCUT2D eigenvalue weighted by Crippen LogP contribution is -2.24. The molecule has 0 aliphatic carbocycles. The van der Waals surface area contributed by atoms with E-state index in [0.29, 0.717) is 29.3 Å². The summed E-state index contributed by atoms with van der Waals surface area (Å²) in [5.41, 5.74) is 3.02. The smallest absolute Gasteiger partial charge is 0.222 e. The van der Waals surface area contributed by atoms with Crippen molar-refractivity contribution in [2.45, 2.75) is 26.4 Å². The summed E-state index contributed by atoms with van der Waals surface area (Å²) in [5, 5.41) is 10.6. The summed E-state index contributed by atoms with van der Waals surface area (Å²) in [6.07, 6.45) is 0.303. The Labute approximate surface area is 162 Å². The number of aryl methyl sites for hydroxylation is 1. The second-order valence-corrected chi connectivity index (χ2v) is 6.78. The fourth-order valence-corrected chi connectivity index (χ4v) is 3.01. The molecular weight excluding hydrogens is 368 g/mol. The maximum absolute atomic E-state index is 12.2. The third-order valence-corrected chi connectivity index (χ3v) is 4.74. The van der Waals surface area contributed by atoms with E-state index in [-0.39, 0.29) is 5.91 Å². The highest BCUT2D eigenvalue weighted by Gasteiger charge is 2.11. The molecule has 5 nitrogen and oxygen atoms in total. The number of halogens is 1. The van der Waals surface area contributed by atoms with E-state index < -0.39 is 0 Å². The Hall–Kier alpha value is -2.44. The van der Waals surface area contributed by atoms with Gasteiger partial charge in [0, 0.05) is 30.1 Å². The van der Waals surface area contributed by atoms with Crippen molar-refractivity contribution in [3.05, 3.63) is 69.5 Å². The van der Waals surface area contributed by atoms with E-state index in [1.165, 1.54) is 5.56 Å². The van der Waals surface area contributed by atoms with Crippen molar-refractivity contribution in [1.29, 1.82) is 0 Å². The number of nitrogens with zero attached hydrogens (tertiary/aromatic N) is 2. The Balaban J connectivity index is 1.64. The SMILES string of the molecule is Cc1ccc(-c2n[nH]c(=S)n2CCC(=O)NCc2ccccc2Cl)cc1. The molecule has 0 aliphatic heterocycles. The van der Waals surface area contributed by atoms with Crippen LogP contribution in [-0.4, -0.2) is 20.7 Å². The van der Waals surface area contributed by atoms with Crippen molar-refractivity contribution in [2.24, 2.45) is 0 Å². The van der Waals surface area contributed by atoms with Crippen LogP contribution < -0.4 is 5.32 Å². The second-order valence-electron chi connectivity index (χ2n) is 5.99. The number of carbonyl (C=O) groups is 1. The van der Waals surface area contributed by atoms with Gasteiger partial charge in [0.15, 0.2) is 10.6 Å². The van der Waals surface area contributed by atoms with Gasteiger partial charge in [0.2, 0.25) is 5.91 Å². The van der Waals surface area contributed by atoms with E-state index in [9.17, 15) is 4.79 Å². The van der Waals surface area contributed by atoms with E-state index in [1.54, 1.807) is 0 Å². The minimum atomic E-state index is -0.0668. The van der Waals surface area contributed by atoms with Crippen LogP contribution in [0.25, 0.3) is 11.4 Å². The van der Waals surface area contributed by atoms with Gasteiger partial charge in [-0.05, 0) is 30.8 Å². The maximum Gasteiger partial charge on any atom is 0.222 e. The van der Waals surface area contributed by atoms with Gasteiger partial charge in [0.05, 0.1) is 0 Å². The van der Waals surface area contributed by atoms with Crippen molar-refractivity contribution in [3.8, 4) is 11.4 Å². The average Bonchev–Trinajstić information content (AvgIpc) is 3.00. The highest BCUT2D eigenvalue weighted by atomic mass is 35.5. The summed E-state index contributed by atoms with van der Waals surface area (Å²) in [5.74, 6) is 0.664. The van der Waals surface area contributed by atoms with Crippen LogP contribution in [0, 0.1) is 11.7 Å². The molecular formula is C19H19ClN4OS. The van der Waals surface area contributed by atoms with Crippen molar-refractivity contribution < 1.29 is 4.79 Å². The molecule has 0 aliphatic rings. The maximum atomic E-state index is 12.2. The van der Waals surface area contributed by atoms with Crippen molar-refractivity contribution in [2.75, 3.05) is 0 Å². The molecule has 1 aromatic heterocycles. The van der Waals surface area contributed by atoms with Crippen LogP contribution in [0.3, 0.4) is 0 Å². The first-order chi connectivity index (χ1) is 12.5. The quantitative estimate of drug-likeness (QED) is 0.621. The molecule has 1 heterocycles. The van der Waals surface area contributed by atoms with E-state index in [2.05, 4.69) is 15.5 Å². The molecule has 7 heteroatoms. The number of benzene rings is 2. The van der Waals surface area contributed by atoms with Crippen LogP contribution >= 0.6 is 23.8 Å². The minimum absolute atomic E-state index is 0.0668. The number of aromatic amines is 1. The van der Waals surface area contributed by atoms with Gasteiger partial charge in [0.25, 0.3) is 0 Å². The van der Waals surface area contributed by atoms with Crippen molar-refractivity contribution in [3.63, 3.8) is 0 Å². The molecule has 2 N–H and O–H groups in total. The number of aromatic nitrogens is 3. The van der Waals surface area contributed by atoms with Gasteiger partial charge >= 0.3 is 0 Å². The molecule has 0 saturated heterocycles. The fourth-order valence-electron chi connectivity index (χ4n) is 2.59. The number of H-pyrrole nitrogens is 1. The zero-order valence-corrected chi connectivity index (χ0v) is 15.9. The summed E-state index contributed by atoms with van der Waals surface area (Å²) in [6, 6.07) is 15.5. The van der Waals surface area contributed by atoms with Crippen LogP contribution in [0.15, 0.2) is 48.5 Å². The van der Waals surface area contributed by atoms with Gasteiger partial charge < -0.3 is 5.32 Å². The molecule has 0 saturated carbocycles. The number of hydrogen-bond donors (Lipinski definition) is 2. The molecule has 3 aromatic rings.